The average Bonchev–Trinajstić information content (AvgIpc) is 3.22. The van der Waals surface area contributed by atoms with Crippen LogP contribution in [0, 0.1) is 5.92 Å². The largest absolute Gasteiger partial charge is 0.495 e. The van der Waals surface area contributed by atoms with Crippen LogP contribution in [0.5, 0.6) is 5.75 Å². The minimum absolute atomic E-state index is 0.0894. The number of furan rings is 1. The Bertz CT molecular complexity index is 1060. The number of methoxy groups -OCH3 is 1. The highest BCUT2D eigenvalue weighted by Gasteiger charge is 2.26. The van der Waals surface area contributed by atoms with Gasteiger partial charge in [-0.05, 0) is 49.1 Å². The number of benzene rings is 2. The van der Waals surface area contributed by atoms with Crippen LogP contribution >= 0.6 is 11.6 Å². The van der Waals surface area contributed by atoms with Crippen LogP contribution in [0.4, 0.5) is 10.5 Å². The van der Waals surface area contributed by atoms with E-state index in [9.17, 15) is 9.59 Å². The highest BCUT2D eigenvalue weighted by molar-refractivity contribution is 6.31. The van der Waals surface area contributed by atoms with Gasteiger partial charge in [0.1, 0.15) is 11.3 Å². The van der Waals surface area contributed by atoms with Gasteiger partial charge in [0.15, 0.2) is 5.76 Å². The summed E-state index contributed by atoms with van der Waals surface area (Å²) in [6.45, 7) is 1.79. The predicted octanol–water partition coefficient (Wildman–Crippen LogP) is 4.77. The summed E-state index contributed by atoms with van der Waals surface area (Å²) >= 11 is 6.00. The van der Waals surface area contributed by atoms with Gasteiger partial charge < -0.3 is 24.7 Å². The zero-order chi connectivity index (χ0) is 21.8. The molecule has 1 saturated heterocycles. The summed E-state index contributed by atoms with van der Waals surface area (Å²) in [6, 6.07) is 14.1. The number of nitrogens with one attached hydrogen (secondary N) is 2. The number of carbonyl (C=O) groups excluding carboxylic acids is 2. The number of piperidine rings is 1. The van der Waals surface area contributed by atoms with Crippen LogP contribution in [-0.2, 0) is 0 Å². The SMILES string of the molecule is COc1ccc(Cl)cc1NC(=O)NCC1CCN(C(=O)c2cc3ccccc3o2)CC1. The topological polar surface area (TPSA) is 83.8 Å². The van der Waals surface area contributed by atoms with E-state index in [4.69, 9.17) is 20.8 Å². The second-order valence-electron chi connectivity index (χ2n) is 7.56. The second kappa shape index (κ2) is 9.31. The first-order chi connectivity index (χ1) is 15.0. The molecule has 1 aliphatic heterocycles. The fraction of sp³-hybridized carbons (Fsp3) is 0.304. The number of urea groups is 1. The van der Waals surface area contributed by atoms with Gasteiger partial charge in [-0.3, -0.25) is 4.79 Å². The third kappa shape index (κ3) is 4.94. The minimum Gasteiger partial charge on any atom is -0.495 e. The van der Waals surface area contributed by atoms with Gasteiger partial charge in [0, 0.05) is 30.0 Å². The van der Waals surface area contributed by atoms with Crippen LogP contribution in [0.1, 0.15) is 23.4 Å². The maximum absolute atomic E-state index is 12.8. The summed E-state index contributed by atoms with van der Waals surface area (Å²) < 4.78 is 10.9. The van der Waals surface area contributed by atoms with Crippen LogP contribution in [0.3, 0.4) is 0 Å². The van der Waals surface area contributed by atoms with Crippen molar-refractivity contribution in [1.82, 2.24) is 10.2 Å². The molecule has 7 nitrogen and oxygen atoms in total. The number of para-hydroxylation sites is 1. The first-order valence-electron chi connectivity index (χ1n) is 10.2. The van der Waals surface area contributed by atoms with Crippen LogP contribution in [0.25, 0.3) is 11.0 Å². The van der Waals surface area contributed by atoms with Gasteiger partial charge in [0.05, 0.1) is 12.8 Å². The van der Waals surface area contributed by atoms with Crippen molar-refractivity contribution in [1.29, 1.82) is 0 Å². The summed E-state index contributed by atoms with van der Waals surface area (Å²) in [4.78, 5) is 26.9. The molecule has 3 amide bonds. The monoisotopic (exact) mass is 441 g/mol. The molecule has 2 heterocycles. The van der Waals surface area contributed by atoms with Crippen LogP contribution in [0.2, 0.25) is 5.02 Å². The number of anilines is 1. The summed E-state index contributed by atoms with van der Waals surface area (Å²) in [5, 5.41) is 7.10. The molecular weight excluding hydrogens is 418 g/mol. The lowest BCUT2D eigenvalue weighted by molar-refractivity contribution is 0.0661. The number of fused-ring (bicyclic) bond motifs is 1. The number of carbonyl (C=O) groups is 2. The molecule has 0 bridgehead atoms. The van der Waals surface area contributed by atoms with Crippen molar-refractivity contribution in [3.05, 3.63) is 59.3 Å². The van der Waals surface area contributed by atoms with E-state index in [0.29, 0.717) is 53.4 Å². The number of halogens is 1. The molecule has 0 aliphatic carbocycles. The number of hydrogen-bond donors (Lipinski definition) is 2. The molecule has 2 N–H and O–H groups in total. The fourth-order valence-corrected chi connectivity index (χ4v) is 3.94. The van der Waals surface area contributed by atoms with Crippen LogP contribution < -0.4 is 15.4 Å². The van der Waals surface area contributed by atoms with Gasteiger partial charge in [-0.2, -0.15) is 0 Å². The van der Waals surface area contributed by atoms with Crippen molar-refractivity contribution in [3.63, 3.8) is 0 Å². The molecule has 4 rings (SSSR count). The number of likely N-dealkylation sites (tertiary alicyclic amines) is 1. The van der Waals surface area contributed by atoms with E-state index in [-0.39, 0.29) is 11.9 Å². The Morgan fingerprint density at radius 2 is 1.94 bits per heavy atom. The molecule has 0 radical (unpaired) electrons. The maximum Gasteiger partial charge on any atom is 0.319 e. The van der Waals surface area contributed by atoms with Crippen LogP contribution in [0.15, 0.2) is 52.9 Å². The maximum atomic E-state index is 12.8. The Morgan fingerprint density at radius 3 is 2.68 bits per heavy atom. The van der Waals surface area contributed by atoms with Gasteiger partial charge >= 0.3 is 6.03 Å². The highest BCUT2D eigenvalue weighted by atomic mass is 35.5. The molecule has 1 aliphatic rings. The Hall–Kier alpha value is -3.19. The lowest BCUT2D eigenvalue weighted by Gasteiger charge is -2.31. The van der Waals surface area contributed by atoms with Crippen molar-refractivity contribution in [2.75, 3.05) is 32.1 Å². The number of amides is 3. The first-order valence-corrected chi connectivity index (χ1v) is 10.6. The van der Waals surface area contributed by atoms with E-state index in [0.717, 1.165) is 18.2 Å². The zero-order valence-electron chi connectivity index (χ0n) is 17.2. The Kier molecular flexibility index (Phi) is 6.32. The molecule has 0 saturated carbocycles. The molecule has 0 unspecified atom stereocenters. The lowest BCUT2D eigenvalue weighted by Crippen LogP contribution is -2.42. The van der Waals surface area contributed by atoms with Crippen molar-refractivity contribution >= 4 is 40.2 Å². The fourth-order valence-electron chi connectivity index (χ4n) is 3.76. The molecule has 31 heavy (non-hydrogen) atoms. The van der Waals surface area contributed by atoms with E-state index in [1.165, 1.54) is 7.11 Å². The summed E-state index contributed by atoms with van der Waals surface area (Å²) in [5.41, 5.74) is 1.23. The lowest BCUT2D eigenvalue weighted by atomic mass is 9.96. The van der Waals surface area contributed by atoms with Gasteiger partial charge in [-0.1, -0.05) is 29.8 Å². The number of rotatable bonds is 5. The third-order valence-corrected chi connectivity index (χ3v) is 5.73. The number of hydrogen-bond acceptors (Lipinski definition) is 4. The van der Waals surface area contributed by atoms with Crippen molar-refractivity contribution in [3.8, 4) is 5.75 Å². The molecule has 1 aromatic heterocycles. The van der Waals surface area contributed by atoms with E-state index >= 15 is 0 Å². The number of nitrogens with zero attached hydrogens (tertiary/aromatic N) is 1. The molecule has 0 spiro atoms. The van der Waals surface area contributed by atoms with E-state index in [1.54, 1.807) is 24.3 Å². The Morgan fingerprint density at radius 1 is 1.16 bits per heavy atom. The second-order valence-corrected chi connectivity index (χ2v) is 8.00. The zero-order valence-corrected chi connectivity index (χ0v) is 17.9. The summed E-state index contributed by atoms with van der Waals surface area (Å²) in [5.74, 6) is 1.12. The summed E-state index contributed by atoms with van der Waals surface area (Å²) in [7, 11) is 1.53. The highest BCUT2D eigenvalue weighted by Crippen LogP contribution is 2.27. The van der Waals surface area contributed by atoms with Crippen molar-refractivity contribution < 1.29 is 18.7 Å². The van der Waals surface area contributed by atoms with Gasteiger partial charge in [-0.15, -0.1) is 0 Å². The molecule has 3 aromatic rings. The summed E-state index contributed by atoms with van der Waals surface area (Å²) in [6.07, 6.45) is 1.62. The van der Waals surface area contributed by atoms with Gasteiger partial charge in [-0.25, -0.2) is 4.79 Å². The van der Waals surface area contributed by atoms with E-state index in [2.05, 4.69) is 10.6 Å². The third-order valence-electron chi connectivity index (χ3n) is 5.50. The van der Waals surface area contributed by atoms with E-state index in [1.807, 2.05) is 29.2 Å². The standard InChI is InChI=1S/C23H24ClN3O4/c1-30-20-7-6-17(24)13-18(20)26-23(29)25-14-15-8-10-27(11-9-15)22(28)21-12-16-4-2-3-5-19(16)31-21/h2-7,12-13,15H,8-11,14H2,1H3,(H2,25,26,29). The molecule has 0 atom stereocenters. The molecule has 8 heteroatoms. The van der Waals surface area contributed by atoms with Crippen molar-refractivity contribution in [2.45, 2.75) is 12.8 Å². The molecule has 1 fully saturated rings. The molecule has 162 valence electrons. The Balaban J connectivity index is 1.26. The molecule has 2 aromatic carbocycles. The normalized spacial score (nSPS) is 14.5. The van der Waals surface area contributed by atoms with Crippen LogP contribution in [-0.4, -0.2) is 43.6 Å². The smallest absolute Gasteiger partial charge is 0.319 e. The number of ether oxygens (including phenoxy) is 1. The first kappa shape index (κ1) is 21.1. The Labute approximate surface area is 185 Å². The van der Waals surface area contributed by atoms with E-state index < -0.39 is 0 Å². The van der Waals surface area contributed by atoms with Crippen molar-refractivity contribution in [2.24, 2.45) is 5.92 Å². The quantitative estimate of drug-likeness (QED) is 0.597. The van der Waals surface area contributed by atoms with Gasteiger partial charge in [0.25, 0.3) is 5.91 Å². The predicted molar refractivity (Wildman–Crippen MR) is 120 cm³/mol. The average molecular weight is 442 g/mol. The minimum atomic E-state index is -0.318. The van der Waals surface area contributed by atoms with Gasteiger partial charge in [0.2, 0.25) is 0 Å². The molecular formula is C23H24ClN3O4.